The van der Waals surface area contributed by atoms with E-state index in [4.69, 9.17) is 16.0 Å². The predicted molar refractivity (Wildman–Crippen MR) is 73.5 cm³/mol. The third-order valence-electron chi connectivity index (χ3n) is 3.57. The van der Waals surface area contributed by atoms with Crippen molar-refractivity contribution in [2.24, 2.45) is 16.8 Å². The number of oxime groups is 1. The normalized spacial score (nSPS) is 17.8. The second kappa shape index (κ2) is 5.88. The fourth-order valence-electron chi connectivity index (χ4n) is 2.37. The molecule has 0 amide bonds. The van der Waals surface area contributed by atoms with E-state index >= 15 is 0 Å². The highest BCUT2D eigenvalue weighted by Gasteiger charge is 2.22. The van der Waals surface area contributed by atoms with Crippen LogP contribution in [0, 0.1) is 12.8 Å². The van der Waals surface area contributed by atoms with Crippen molar-refractivity contribution < 1.29 is 10.3 Å². The van der Waals surface area contributed by atoms with Gasteiger partial charge in [-0.1, -0.05) is 5.16 Å². The molecule has 19 heavy (non-hydrogen) atoms. The van der Waals surface area contributed by atoms with Gasteiger partial charge in [0.25, 0.3) is 0 Å². The highest BCUT2D eigenvalue weighted by atomic mass is 16.4. The SMILES string of the molecule is Cc1ccc(C(N)=NO)c(N2CCC(CO)CC2)n1. The summed E-state index contributed by atoms with van der Waals surface area (Å²) in [5, 5.41) is 21.1. The summed E-state index contributed by atoms with van der Waals surface area (Å²) in [4.78, 5) is 6.64. The van der Waals surface area contributed by atoms with Crippen molar-refractivity contribution in [3.05, 3.63) is 23.4 Å². The Kier molecular flexibility index (Phi) is 4.21. The zero-order valence-electron chi connectivity index (χ0n) is 11.1. The lowest BCUT2D eigenvalue weighted by atomic mass is 9.97. The molecule has 0 spiro atoms. The molecule has 6 heteroatoms. The number of hydrogen-bond acceptors (Lipinski definition) is 5. The Balaban J connectivity index is 2.26. The number of nitrogens with zero attached hydrogens (tertiary/aromatic N) is 3. The Morgan fingerprint density at radius 2 is 2.16 bits per heavy atom. The van der Waals surface area contributed by atoms with Crippen molar-refractivity contribution in [3.63, 3.8) is 0 Å². The lowest BCUT2D eigenvalue weighted by molar-refractivity contribution is 0.203. The first-order chi connectivity index (χ1) is 9.15. The van der Waals surface area contributed by atoms with Gasteiger partial charge in [0.1, 0.15) is 5.82 Å². The molecule has 104 valence electrons. The molecule has 2 heterocycles. The first-order valence-corrected chi connectivity index (χ1v) is 6.47. The van der Waals surface area contributed by atoms with Crippen LogP contribution in [0.25, 0.3) is 0 Å². The molecular weight excluding hydrogens is 244 g/mol. The smallest absolute Gasteiger partial charge is 0.173 e. The summed E-state index contributed by atoms with van der Waals surface area (Å²) in [6.45, 7) is 3.81. The first-order valence-electron chi connectivity index (χ1n) is 6.47. The number of aryl methyl sites for hydroxylation is 1. The number of amidine groups is 1. The molecule has 0 bridgehead atoms. The number of nitrogens with two attached hydrogens (primary N) is 1. The highest BCUT2D eigenvalue weighted by molar-refractivity contribution is 6.01. The molecule has 0 aromatic carbocycles. The summed E-state index contributed by atoms with van der Waals surface area (Å²) in [5.74, 6) is 1.20. The molecule has 1 aromatic heterocycles. The Morgan fingerprint density at radius 3 is 2.74 bits per heavy atom. The number of pyridine rings is 1. The van der Waals surface area contributed by atoms with Crippen molar-refractivity contribution in [2.45, 2.75) is 19.8 Å². The van der Waals surface area contributed by atoms with Crippen molar-refractivity contribution in [1.82, 2.24) is 4.98 Å². The van der Waals surface area contributed by atoms with E-state index in [-0.39, 0.29) is 12.4 Å². The standard InChI is InChI=1S/C13H20N4O2/c1-9-2-3-11(12(14)16-19)13(15-9)17-6-4-10(8-18)5-7-17/h2-3,10,18-19H,4-8H2,1H3,(H2,14,16). The van der Waals surface area contributed by atoms with Crippen molar-refractivity contribution in [3.8, 4) is 0 Å². The second-order valence-corrected chi connectivity index (χ2v) is 4.92. The zero-order valence-corrected chi connectivity index (χ0v) is 11.1. The van der Waals surface area contributed by atoms with E-state index < -0.39 is 0 Å². The molecule has 1 saturated heterocycles. The van der Waals surface area contributed by atoms with Gasteiger partial charge in [-0.3, -0.25) is 0 Å². The van der Waals surface area contributed by atoms with Crippen LogP contribution >= 0.6 is 0 Å². The zero-order chi connectivity index (χ0) is 13.8. The van der Waals surface area contributed by atoms with Crippen molar-refractivity contribution in [2.75, 3.05) is 24.6 Å². The highest BCUT2D eigenvalue weighted by Crippen LogP contribution is 2.24. The minimum atomic E-state index is 0.0757. The molecule has 1 fully saturated rings. The van der Waals surface area contributed by atoms with Gasteiger partial charge in [-0.25, -0.2) is 4.98 Å². The molecule has 0 aliphatic carbocycles. The molecule has 0 unspecified atom stereocenters. The van der Waals surface area contributed by atoms with Gasteiger partial charge in [0.15, 0.2) is 5.84 Å². The summed E-state index contributed by atoms with van der Waals surface area (Å²) < 4.78 is 0. The van der Waals surface area contributed by atoms with Gasteiger partial charge in [0, 0.05) is 25.4 Å². The number of rotatable bonds is 3. The molecule has 0 atom stereocenters. The van der Waals surface area contributed by atoms with Crippen LogP contribution in [0.5, 0.6) is 0 Å². The molecule has 1 aliphatic rings. The number of aliphatic hydroxyl groups is 1. The van der Waals surface area contributed by atoms with Crippen LogP contribution in [0.2, 0.25) is 0 Å². The van der Waals surface area contributed by atoms with E-state index in [0.29, 0.717) is 11.5 Å². The van der Waals surface area contributed by atoms with Gasteiger partial charge in [-0.15, -0.1) is 0 Å². The quantitative estimate of drug-likeness (QED) is 0.323. The van der Waals surface area contributed by atoms with Crippen LogP contribution in [0.1, 0.15) is 24.1 Å². The summed E-state index contributed by atoms with van der Waals surface area (Å²) in [6.07, 6.45) is 1.86. The topological polar surface area (TPSA) is 95.0 Å². The number of piperidine rings is 1. The van der Waals surface area contributed by atoms with E-state index in [9.17, 15) is 0 Å². The van der Waals surface area contributed by atoms with E-state index in [2.05, 4.69) is 15.0 Å². The number of aromatic nitrogens is 1. The van der Waals surface area contributed by atoms with Gasteiger partial charge < -0.3 is 20.9 Å². The Morgan fingerprint density at radius 1 is 1.47 bits per heavy atom. The maximum Gasteiger partial charge on any atom is 0.173 e. The van der Waals surface area contributed by atoms with E-state index in [0.717, 1.165) is 37.4 Å². The van der Waals surface area contributed by atoms with Crippen LogP contribution in [-0.2, 0) is 0 Å². The van der Waals surface area contributed by atoms with E-state index in [1.807, 2.05) is 19.1 Å². The third kappa shape index (κ3) is 2.96. The second-order valence-electron chi connectivity index (χ2n) is 4.92. The van der Waals surface area contributed by atoms with Gasteiger partial charge in [0.05, 0.1) is 5.56 Å². The lowest BCUT2D eigenvalue weighted by Crippen LogP contribution is -2.36. The summed E-state index contributed by atoms with van der Waals surface area (Å²) >= 11 is 0. The Hall–Kier alpha value is -1.82. The summed E-state index contributed by atoms with van der Waals surface area (Å²) in [7, 11) is 0. The van der Waals surface area contributed by atoms with Gasteiger partial charge in [-0.2, -0.15) is 0 Å². The van der Waals surface area contributed by atoms with E-state index in [1.54, 1.807) is 0 Å². The van der Waals surface area contributed by atoms with Crippen molar-refractivity contribution >= 4 is 11.7 Å². The van der Waals surface area contributed by atoms with Gasteiger partial charge in [0.2, 0.25) is 0 Å². The minimum absolute atomic E-state index is 0.0757. The van der Waals surface area contributed by atoms with Gasteiger partial charge in [-0.05, 0) is 37.8 Å². The average molecular weight is 264 g/mol. The monoisotopic (exact) mass is 264 g/mol. The predicted octanol–water partition coefficient (Wildman–Crippen LogP) is 0.693. The Labute approximate surface area is 112 Å². The molecule has 0 saturated carbocycles. The number of hydrogen-bond donors (Lipinski definition) is 3. The molecule has 0 radical (unpaired) electrons. The average Bonchev–Trinajstić information content (AvgIpc) is 2.46. The molecule has 1 aliphatic heterocycles. The van der Waals surface area contributed by atoms with Crippen LogP contribution in [-0.4, -0.2) is 40.8 Å². The summed E-state index contributed by atoms with van der Waals surface area (Å²) in [5.41, 5.74) is 7.24. The maximum absolute atomic E-state index is 9.17. The molecule has 2 rings (SSSR count). The van der Waals surface area contributed by atoms with Crippen molar-refractivity contribution in [1.29, 1.82) is 0 Å². The van der Waals surface area contributed by atoms with Gasteiger partial charge >= 0.3 is 0 Å². The molecular formula is C13H20N4O2. The van der Waals surface area contributed by atoms with Crippen LogP contribution < -0.4 is 10.6 Å². The molecule has 6 nitrogen and oxygen atoms in total. The largest absolute Gasteiger partial charge is 0.409 e. The molecule has 4 N–H and O–H groups in total. The van der Waals surface area contributed by atoms with Crippen LogP contribution in [0.4, 0.5) is 5.82 Å². The lowest BCUT2D eigenvalue weighted by Gasteiger charge is -2.33. The maximum atomic E-state index is 9.17. The van der Waals surface area contributed by atoms with Crippen LogP contribution in [0.3, 0.4) is 0 Å². The van der Waals surface area contributed by atoms with Crippen LogP contribution in [0.15, 0.2) is 17.3 Å². The summed E-state index contributed by atoms with van der Waals surface area (Å²) in [6, 6.07) is 3.67. The van der Waals surface area contributed by atoms with E-state index in [1.165, 1.54) is 0 Å². The number of anilines is 1. The third-order valence-corrected chi connectivity index (χ3v) is 3.57. The minimum Gasteiger partial charge on any atom is -0.409 e. The Bertz CT molecular complexity index is 468. The number of aliphatic hydroxyl groups excluding tert-OH is 1. The molecule has 1 aromatic rings. The fourth-order valence-corrected chi connectivity index (χ4v) is 2.37. The first kappa shape index (κ1) is 13.6. The fraction of sp³-hybridized carbons (Fsp3) is 0.538.